The first-order chi connectivity index (χ1) is 11.6. The van der Waals surface area contributed by atoms with Crippen molar-refractivity contribution in [3.8, 4) is 0 Å². The Morgan fingerprint density at radius 1 is 1.33 bits per heavy atom. The molecule has 2 aromatic heterocycles. The monoisotopic (exact) mass is 340 g/mol. The molecule has 0 fully saturated rings. The molecular weight excluding hydrogens is 324 g/mol. The van der Waals surface area contributed by atoms with E-state index in [0.29, 0.717) is 5.56 Å². The Kier molecular flexibility index (Phi) is 4.93. The van der Waals surface area contributed by atoms with Crippen LogP contribution >= 0.6 is 11.3 Å². The van der Waals surface area contributed by atoms with E-state index in [2.05, 4.69) is 26.7 Å². The lowest BCUT2D eigenvalue weighted by Crippen LogP contribution is -1.96. The van der Waals surface area contributed by atoms with Crippen LogP contribution in [0.1, 0.15) is 45.2 Å². The normalized spacial score (nSPS) is 12.6. The van der Waals surface area contributed by atoms with Crippen molar-refractivity contribution in [2.45, 2.75) is 19.4 Å². The van der Waals surface area contributed by atoms with Gasteiger partial charge in [-0.2, -0.15) is 5.21 Å². The van der Waals surface area contributed by atoms with Crippen LogP contribution in [-0.2, 0) is 6.42 Å². The number of H-pyrrole nitrogens is 1. The van der Waals surface area contributed by atoms with Crippen LogP contribution in [0.15, 0.2) is 41.8 Å². The van der Waals surface area contributed by atoms with Crippen LogP contribution in [0.25, 0.3) is 6.08 Å². The second-order valence-electron chi connectivity index (χ2n) is 5.31. The Balaban J connectivity index is 1.72. The van der Waals surface area contributed by atoms with Gasteiger partial charge in [-0.3, -0.25) is 4.79 Å². The summed E-state index contributed by atoms with van der Waals surface area (Å²) < 4.78 is 0. The first-order valence-electron chi connectivity index (χ1n) is 7.39. The summed E-state index contributed by atoms with van der Waals surface area (Å²) in [6.07, 6.45) is 3.37. The Morgan fingerprint density at radius 2 is 2.12 bits per heavy atom. The summed E-state index contributed by atoms with van der Waals surface area (Å²) in [4.78, 5) is 12.4. The van der Waals surface area contributed by atoms with Crippen LogP contribution in [0.5, 0.6) is 0 Å². The van der Waals surface area contributed by atoms with E-state index in [4.69, 9.17) is 0 Å². The van der Waals surface area contributed by atoms with E-state index in [9.17, 15) is 9.90 Å². The minimum atomic E-state index is -0.895. The molecule has 24 heavy (non-hydrogen) atoms. The van der Waals surface area contributed by atoms with Crippen molar-refractivity contribution in [2.24, 2.45) is 0 Å². The third-order valence-electron chi connectivity index (χ3n) is 3.59. The summed E-state index contributed by atoms with van der Waals surface area (Å²) in [6.45, 7) is 1.56. The molecule has 3 aromatic rings. The maximum absolute atomic E-state index is 11.3. The van der Waals surface area contributed by atoms with Gasteiger partial charge >= 0.3 is 0 Å². The molecule has 0 spiro atoms. The molecule has 0 aliphatic carbocycles. The predicted molar refractivity (Wildman–Crippen MR) is 91.7 cm³/mol. The molecule has 1 aromatic carbocycles. The minimum Gasteiger partial charge on any atom is -0.381 e. The van der Waals surface area contributed by atoms with Gasteiger partial charge in [0.25, 0.3) is 0 Å². The van der Waals surface area contributed by atoms with Crippen molar-refractivity contribution in [2.75, 3.05) is 0 Å². The molecule has 6 nitrogen and oxygen atoms in total. The first-order valence-corrected chi connectivity index (χ1v) is 8.27. The number of rotatable bonds is 6. The number of Topliss-reactive ketones (excluding diaryl/α,β-unsaturated/α-hetero) is 1. The molecule has 1 atom stereocenters. The number of ketones is 1. The van der Waals surface area contributed by atoms with Gasteiger partial charge in [-0.25, -0.2) is 0 Å². The molecule has 3 rings (SSSR count). The summed E-state index contributed by atoms with van der Waals surface area (Å²) in [6, 6.07) is 9.69. The third-order valence-corrected chi connectivity index (χ3v) is 4.52. The second kappa shape index (κ2) is 7.29. The van der Waals surface area contributed by atoms with E-state index in [1.54, 1.807) is 24.3 Å². The molecule has 0 aliphatic heterocycles. The molecule has 0 aliphatic rings. The average Bonchev–Trinajstić information content (AvgIpc) is 3.25. The van der Waals surface area contributed by atoms with E-state index >= 15 is 0 Å². The van der Waals surface area contributed by atoms with E-state index in [1.165, 1.54) is 0 Å². The highest BCUT2D eigenvalue weighted by molar-refractivity contribution is 7.11. The maximum Gasteiger partial charge on any atom is 0.206 e. The highest BCUT2D eigenvalue weighted by atomic mass is 32.1. The van der Waals surface area contributed by atoms with E-state index in [1.807, 2.05) is 35.7 Å². The molecule has 7 heteroatoms. The summed E-state index contributed by atoms with van der Waals surface area (Å²) in [5.74, 6) is 0.306. The van der Waals surface area contributed by atoms with Crippen molar-refractivity contribution >= 4 is 23.2 Å². The van der Waals surface area contributed by atoms with Crippen molar-refractivity contribution in [3.05, 3.63) is 69.2 Å². The van der Waals surface area contributed by atoms with Crippen LogP contribution in [0.2, 0.25) is 0 Å². The molecule has 0 radical (unpaired) electrons. The van der Waals surface area contributed by atoms with Gasteiger partial charge in [0, 0.05) is 10.4 Å². The molecule has 0 amide bonds. The number of hydrogen-bond acceptors (Lipinski definition) is 6. The third kappa shape index (κ3) is 3.81. The Morgan fingerprint density at radius 3 is 2.79 bits per heavy atom. The molecule has 122 valence electrons. The summed E-state index contributed by atoms with van der Waals surface area (Å²) in [5, 5.41) is 25.2. The fourth-order valence-electron chi connectivity index (χ4n) is 2.28. The lowest BCUT2D eigenvalue weighted by atomic mass is 10.0. The zero-order valence-corrected chi connectivity index (χ0v) is 13.8. The number of aliphatic hydroxyl groups is 1. The van der Waals surface area contributed by atoms with Gasteiger partial charge in [0.15, 0.2) is 5.78 Å². The van der Waals surface area contributed by atoms with E-state index < -0.39 is 6.10 Å². The summed E-state index contributed by atoms with van der Waals surface area (Å²) in [7, 11) is 0. The van der Waals surface area contributed by atoms with Crippen LogP contribution in [0.3, 0.4) is 0 Å². The smallest absolute Gasteiger partial charge is 0.206 e. The molecule has 0 saturated carbocycles. The maximum atomic E-state index is 11.3. The van der Waals surface area contributed by atoms with Gasteiger partial charge < -0.3 is 5.11 Å². The van der Waals surface area contributed by atoms with Gasteiger partial charge in [0.05, 0.1) is 0 Å². The van der Waals surface area contributed by atoms with Crippen LogP contribution in [-0.4, -0.2) is 31.5 Å². The summed E-state index contributed by atoms with van der Waals surface area (Å²) >= 11 is 1.60. The number of thiophene rings is 1. The number of carbonyl (C=O) groups excluding carboxylic acids is 1. The van der Waals surface area contributed by atoms with Crippen LogP contribution < -0.4 is 0 Å². The Bertz CT molecular complexity index is 838. The van der Waals surface area contributed by atoms with Gasteiger partial charge in [0.2, 0.25) is 5.82 Å². The average molecular weight is 340 g/mol. The van der Waals surface area contributed by atoms with Crippen LogP contribution in [0, 0.1) is 0 Å². The SMILES string of the molecule is CC(=O)c1ccc(Cc2ccsc2C=CC(O)c2nn[nH]n2)cc1. The zero-order valence-electron chi connectivity index (χ0n) is 13.0. The Hall–Kier alpha value is -2.64. The quantitative estimate of drug-likeness (QED) is 0.673. The number of benzene rings is 1. The van der Waals surface area contributed by atoms with Crippen molar-refractivity contribution in [3.63, 3.8) is 0 Å². The topological polar surface area (TPSA) is 91.8 Å². The number of aromatic nitrogens is 4. The molecule has 1 unspecified atom stereocenters. The number of aliphatic hydroxyl groups excluding tert-OH is 1. The van der Waals surface area contributed by atoms with Crippen molar-refractivity contribution in [1.29, 1.82) is 0 Å². The fraction of sp³-hybridized carbons (Fsp3) is 0.176. The number of nitrogens with one attached hydrogen (secondary N) is 1. The number of aromatic amines is 1. The van der Waals surface area contributed by atoms with Crippen molar-refractivity contribution in [1.82, 2.24) is 20.6 Å². The highest BCUT2D eigenvalue weighted by Crippen LogP contribution is 2.23. The second-order valence-corrected chi connectivity index (χ2v) is 6.26. The number of hydrogen-bond donors (Lipinski definition) is 2. The highest BCUT2D eigenvalue weighted by Gasteiger charge is 2.09. The van der Waals surface area contributed by atoms with Gasteiger partial charge in [-0.05, 0) is 48.1 Å². The first kappa shape index (κ1) is 16.2. The number of nitrogens with zero attached hydrogens (tertiary/aromatic N) is 3. The largest absolute Gasteiger partial charge is 0.381 e. The number of tetrazole rings is 1. The lowest BCUT2D eigenvalue weighted by molar-refractivity contribution is 0.101. The van der Waals surface area contributed by atoms with E-state index in [-0.39, 0.29) is 11.6 Å². The molecule has 2 N–H and O–H groups in total. The van der Waals surface area contributed by atoms with E-state index in [0.717, 1.165) is 22.4 Å². The summed E-state index contributed by atoms with van der Waals surface area (Å²) in [5.41, 5.74) is 3.01. The molecule has 0 bridgehead atoms. The van der Waals surface area contributed by atoms with Gasteiger partial charge in [0.1, 0.15) is 6.10 Å². The molecule has 0 saturated heterocycles. The van der Waals surface area contributed by atoms with Gasteiger partial charge in [-0.1, -0.05) is 29.5 Å². The fourth-order valence-corrected chi connectivity index (χ4v) is 3.10. The molecule has 2 heterocycles. The predicted octanol–water partition coefficient (Wildman–Crippen LogP) is 2.80. The van der Waals surface area contributed by atoms with Crippen molar-refractivity contribution < 1.29 is 9.90 Å². The lowest BCUT2D eigenvalue weighted by Gasteiger charge is -2.03. The van der Waals surface area contributed by atoms with Crippen LogP contribution in [0.4, 0.5) is 0 Å². The minimum absolute atomic E-state index is 0.0659. The Labute approximate surface area is 142 Å². The zero-order chi connectivity index (χ0) is 16.9. The molecular formula is C17H16N4O2S. The standard InChI is InChI=1S/C17H16N4O2S/c1-11(22)13-4-2-12(3-5-13)10-14-8-9-24-16(14)7-6-15(23)17-18-20-21-19-17/h2-9,15,23H,10H2,1H3,(H,18,19,20,21). The van der Waals surface area contributed by atoms with Gasteiger partial charge in [-0.15, -0.1) is 21.5 Å². The number of carbonyl (C=O) groups is 1.